The van der Waals surface area contributed by atoms with E-state index in [0.717, 1.165) is 41.7 Å². The first-order valence-electron chi connectivity index (χ1n) is 11.6. The summed E-state index contributed by atoms with van der Waals surface area (Å²) in [6.07, 6.45) is -2.55. The zero-order valence-corrected chi connectivity index (χ0v) is 19.9. The third-order valence-corrected chi connectivity index (χ3v) is 6.76. The SMILES string of the molecule is Cc1cncc2[nH]c(CC(O)(CC(C)(C)c3cccc(CN4CCOCC4)c3)C(F)(F)F)cc12. The van der Waals surface area contributed by atoms with Crippen molar-refractivity contribution in [1.29, 1.82) is 0 Å². The number of nitrogens with zero attached hydrogens (tertiary/aromatic N) is 2. The molecule has 8 heteroatoms. The fraction of sp³-hybridized carbons (Fsp3) is 0.500. The van der Waals surface area contributed by atoms with Gasteiger partial charge in [-0.1, -0.05) is 38.1 Å². The quantitative estimate of drug-likeness (QED) is 0.510. The van der Waals surface area contributed by atoms with Crippen molar-refractivity contribution in [1.82, 2.24) is 14.9 Å². The third-order valence-electron chi connectivity index (χ3n) is 6.76. The molecule has 0 aliphatic carbocycles. The van der Waals surface area contributed by atoms with Gasteiger partial charge in [0.05, 0.1) is 24.9 Å². The molecule has 4 rings (SSSR count). The first-order valence-corrected chi connectivity index (χ1v) is 11.6. The van der Waals surface area contributed by atoms with Gasteiger partial charge in [0, 0.05) is 43.3 Å². The molecule has 1 aliphatic rings. The zero-order valence-electron chi connectivity index (χ0n) is 19.9. The molecule has 0 amide bonds. The average Bonchev–Trinajstić information content (AvgIpc) is 3.17. The second kappa shape index (κ2) is 9.32. The molecule has 1 unspecified atom stereocenters. The largest absolute Gasteiger partial charge is 0.417 e. The molecule has 1 fully saturated rings. The topological polar surface area (TPSA) is 61.4 Å². The Balaban J connectivity index is 1.58. The van der Waals surface area contributed by atoms with Crippen LogP contribution in [0.3, 0.4) is 0 Å². The molecule has 2 N–H and O–H groups in total. The number of hydrogen-bond acceptors (Lipinski definition) is 4. The molecule has 34 heavy (non-hydrogen) atoms. The highest BCUT2D eigenvalue weighted by Gasteiger charge is 2.56. The van der Waals surface area contributed by atoms with Crippen LogP contribution in [0.5, 0.6) is 0 Å². The summed E-state index contributed by atoms with van der Waals surface area (Å²) in [4.78, 5) is 9.37. The van der Waals surface area contributed by atoms with E-state index in [0.29, 0.717) is 24.4 Å². The van der Waals surface area contributed by atoms with Crippen molar-refractivity contribution in [3.8, 4) is 0 Å². The predicted octanol–water partition coefficient (Wildman–Crippen LogP) is 4.91. The molecule has 1 aliphatic heterocycles. The summed E-state index contributed by atoms with van der Waals surface area (Å²) in [7, 11) is 0. The van der Waals surface area contributed by atoms with Gasteiger partial charge in [0.25, 0.3) is 0 Å². The van der Waals surface area contributed by atoms with Gasteiger partial charge in [-0.2, -0.15) is 13.2 Å². The Hall–Kier alpha value is -2.42. The number of ether oxygens (including phenoxy) is 1. The van der Waals surface area contributed by atoms with Gasteiger partial charge in [-0.15, -0.1) is 0 Å². The summed E-state index contributed by atoms with van der Waals surface area (Å²) >= 11 is 0. The molecule has 0 spiro atoms. The van der Waals surface area contributed by atoms with Crippen molar-refractivity contribution in [2.24, 2.45) is 0 Å². The molecule has 184 valence electrons. The standard InChI is InChI=1S/C26H32F3N3O2/c1-18-14-30-15-23-22(18)12-21(31-23)13-25(33,26(27,28)29)17-24(2,3)20-6-4-5-19(11-20)16-32-7-9-34-10-8-32/h4-6,11-12,14-15,31,33H,7-10,13,16-17H2,1-3H3. The van der Waals surface area contributed by atoms with Crippen LogP contribution in [0.25, 0.3) is 10.9 Å². The Morgan fingerprint density at radius 2 is 1.85 bits per heavy atom. The smallest absolute Gasteiger partial charge is 0.380 e. The number of nitrogens with one attached hydrogen (secondary N) is 1. The van der Waals surface area contributed by atoms with Gasteiger partial charge in [0.2, 0.25) is 0 Å². The number of aromatic amines is 1. The number of fused-ring (bicyclic) bond motifs is 1. The maximum atomic E-state index is 14.3. The Morgan fingerprint density at radius 1 is 1.12 bits per heavy atom. The maximum absolute atomic E-state index is 14.3. The number of aromatic nitrogens is 2. The van der Waals surface area contributed by atoms with E-state index in [1.165, 1.54) is 0 Å². The molecular weight excluding hydrogens is 443 g/mol. The highest BCUT2D eigenvalue weighted by Crippen LogP contribution is 2.43. The van der Waals surface area contributed by atoms with Crippen LogP contribution < -0.4 is 0 Å². The van der Waals surface area contributed by atoms with Crippen molar-refractivity contribution in [3.05, 3.63) is 65.1 Å². The number of aliphatic hydroxyl groups is 1. The maximum Gasteiger partial charge on any atom is 0.417 e. The fourth-order valence-electron chi connectivity index (χ4n) is 4.86. The van der Waals surface area contributed by atoms with Gasteiger partial charge in [0.1, 0.15) is 0 Å². The monoisotopic (exact) mass is 475 g/mol. The Bertz CT molecular complexity index is 1140. The highest BCUT2D eigenvalue weighted by molar-refractivity contribution is 5.82. The van der Waals surface area contributed by atoms with Crippen molar-refractivity contribution >= 4 is 10.9 Å². The van der Waals surface area contributed by atoms with Gasteiger partial charge < -0.3 is 14.8 Å². The molecule has 1 aromatic carbocycles. The molecule has 3 aromatic rings. The number of aryl methyl sites for hydroxylation is 1. The molecule has 0 radical (unpaired) electrons. The number of H-pyrrole nitrogens is 1. The van der Waals surface area contributed by atoms with E-state index in [-0.39, 0.29) is 0 Å². The number of pyridine rings is 1. The predicted molar refractivity (Wildman–Crippen MR) is 126 cm³/mol. The molecular formula is C26H32F3N3O2. The van der Waals surface area contributed by atoms with Crippen LogP contribution in [-0.4, -0.2) is 58.1 Å². The summed E-state index contributed by atoms with van der Waals surface area (Å²) < 4.78 is 48.2. The molecule has 3 heterocycles. The van der Waals surface area contributed by atoms with Gasteiger partial charge in [-0.05, 0) is 41.5 Å². The number of halogens is 3. The van der Waals surface area contributed by atoms with E-state index in [1.807, 2.05) is 31.2 Å². The normalized spacial score (nSPS) is 17.7. The Kier molecular flexibility index (Phi) is 6.77. The van der Waals surface area contributed by atoms with Crippen LogP contribution in [-0.2, 0) is 23.1 Å². The number of hydrogen-bond donors (Lipinski definition) is 2. The van der Waals surface area contributed by atoms with Gasteiger partial charge >= 0.3 is 6.18 Å². The minimum atomic E-state index is -4.79. The van der Waals surface area contributed by atoms with Gasteiger partial charge in [-0.25, -0.2) is 0 Å². The van der Waals surface area contributed by atoms with Crippen LogP contribution in [0, 0.1) is 6.92 Å². The molecule has 5 nitrogen and oxygen atoms in total. The highest BCUT2D eigenvalue weighted by atomic mass is 19.4. The lowest BCUT2D eigenvalue weighted by atomic mass is 9.73. The fourth-order valence-corrected chi connectivity index (χ4v) is 4.86. The summed E-state index contributed by atoms with van der Waals surface area (Å²) in [5.41, 5.74) is -0.113. The number of benzene rings is 1. The van der Waals surface area contributed by atoms with Crippen molar-refractivity contribution in [2.75, 3.05) is 26.3 Å². The van der Waals surface area contributed by atoms with Crippen molar-refractivity contribution in [3.63, 3.8) is 0 Å². The van der Waals surface area contributed by atoms with Crippen LogP contribution >= 0.6 is 0 Å². The first kappa shape index (κ1) is 24.7. The van der Waals surface area contributed by atoms with Crippen molar-refractivity contribution in [2.45, 2.75) is 57.3 Å². The van der Waals surface area contributed by atoms with Gasteiger partial charge in [0.15, 0.2) is 5.60 Å². The summed E-state index contributed by atoms with van der Waals surface area (Å²) in [5.74, 6) is 0. The minimum Gasteiger partial charge on any atom is -0.380 e. The molecule has 0 saturated carbocycles. The lowest BCUT2D eigenvalue weighted by molar-refractivity contribution is -0.266. The van der Waals surface area contributed by atoms with Crippen LogP contribution in [0.4, 0.5) is 13.2 Å². The van der Waals surface area contributed by atoms with E-state index in [9.17, 15) is 18.3 Å². The number of rotatable bonds is 7. The van der Waals surface area contributed by atoms with E-state index < -0.39 is 30.0 Å². The lowest BCUT2D eigenvalue weighted by Crippen LogP contribution is -2.50. The molecule has 1 atom stereocenters. The van der Waals surface area contributed by atoms with E-state index >= 15 is 0 Å². The first-order chi connectivity index (χ1) is 16.0. The van der Waals surface area contributed by atoms with E-state index in [2.05, 4.69) is 14.9 Å². The second-order valence-corrected chi connectivity index (χ2v) is 10.1. The zero-order chi connectivity index (χ0) is 24.6. The Labute approximate surface area is 198 Å². The number of morpholine rings is 1. The lowest BCUT2D eigenvalue weighted by Gasteiger charge is -2.38. The average molecular weight is 476 g/mol. The van der Waals surface area contributed by atoms with Gasteiger partial charge in [-0.3, -0.25) is 9.88 Å². The van der Waals surface area contributed by atoms with Crippen LogP contribution in [0.2, 0.25) is 0 Å². The molecule has 0 bridgehead atoms. The van der Waals surface area contributed by atoms with Crippen LogP contribution in [0.15, 0.2) is 42.7 Å². The summed E-state index contributed by atoms with van der Waals surface area (Å²) in [5, 5.41) is 11.9. The molecule has 2 aromatic heterocycles. The number of alkyl halides is 3. The van der Waals surface area contributed by atoms with E-state index in [1.54, 1.807) is 32.3 Å². The van der Waals surface area contributed by atoms with Crippen molar-refractivity contribution < 1.29 is 23.0 Å². The minimum absolute atomic E-state index is 0.336. The Morgan fingerprint density at radius 3 is 2.53 bits per heavy atom. The third kappa shape index (κ3) is 5.29. The summed E-state index contributed by atoms with van der Waals surface area (Å²) in [6.45, 7) is 9.14. The second-order valence-electron chi connectivity index (χ2n) is 10.1. The van der Waals surface area contributed by atoms with E-state index in [4.69, 9.17) is 4.74 Å². The summed E-state index contributed by atoms with van der Waals surface area (Å²) in [6, 6.07) is 9.36. The van der Waals surface area contributed by atoms with Crippen LogP contribution in [0.1, 0.15) is 42.7 Å². The molecule has 1 saturated heterocycles.